The Kier molecular flexibility index (Phi) is 4.97. The Balaban J connectivity index is 2.46. The van der Waals surface area contributed by atoms with E-state index in [0.29, 0.717) is 0 Å². The fourth-order valence-electron chi connectivity index (χ4n) is 2.52. The highest BCUT2D eigenvalue weighted by Crippen LogP contribution is 2.28. The third kappa shape index (κ3) is 3.11. The van der Waals surface area contributed by atoms with Crippen LogP contribution in [0.3, 0.4) is 0 Å². The second-order valence-corrected chi connectivity index (χ2v) is 5.96. The fraction of sp³-hybridized carbons (Fsp3) is 0.294. The minimum Gasteiger partial charge on any atom is -0.271 e. The van der Waals surface area contributed by atoms with Crippen molar-refractivity contribution < 1.29 is 0 Å². The van der Waals surface area contributed by atoms with Crippen LogP contribution < -0.4 is 11.3 Å². The fourth-order valence-corrected chi connectivity index (χ4v) is 2.75. The maximum absolute atomic E-state index is 5.80. The highest BCUT2D eigenvalue weighted by Gasteiger charge is 2.14. The number of hydrogen-bond acceptors (Lipinski definition) is 2. The van der Waals surface area contributed by atoms with E-state index in [1.165, 1.54) is 32.3 Å². The van der Waals surface area contributed by atoms with E-state index in [0.717, 1.165) is 6.42 Å². The number of nitrogens with one attached hydrogen (secondary N) is 1. The first kappa shape index (κ1) is 15.2. The lowest BCUT2D eigenvalue weighted by Gasteiger charge is -2.19. The molecule has 0 aliphatic carbocycles. The van der Waals surface area contributed by atoms with Crippen LogP contribution in [-0.2, 0) is 6.42 Å². The van der Waals surface area contributed by atoms with Crippen molar-refractivity contribution in [3.05, 3.63) is 68.7 Å². The van der Waals surface area contributed by atoms with Crippen LogP contribution in [-0.4, -0.2) is 0 Å². The van der Waals surface area contributed by atoms with Gasteiger partial charge >= 0.3 is 0 Å². The molecule has 2 aromatic rings. The van der Waals surface area contributed by atoms with Crippen LogP contribution in [0, 0.1) is 13.8 Å². The average molecular weight is 333 g/mol. The van der Waals surface area contributed by atoms with E-state index in [4.69, 9.17) is 5.84 Å². The Morgan fingerprint density at radius 2 is 1.75 bits per heavy atom. The van der Waals surface area contributed by atoms with Crippen LogP contribution in [0.1, 0.15) is 40.8 Å². The van der Waals surface area contributed by atoms with E-state index in [-0.39, 0.29) is 6.04 Å². The summed E-state index contributed by atoms with van der Waals surface area (Å²) in [4.78, 5) is 0. The van der Waals surface area contributed by atoms with Gasteiger partial charge in [0.25, 0.3) is 0 Å². The van der Waals surface area contributed by atoms with E-state index in [2.05, 4.69) is 78.5 Å². The quantitative estimate of drug-likeness (QED) is 0.651. The molecular formula is C17H21BrN2. The lowest BCUT2D eigenvalue weighted by Crippen LogP contribution is -2.29. The molecule has 2 rings (SSSR count). The first-order valence-electron chi connectivity index (χ1n) is 6.88. The molecule has 0 aliphatic heterocycles. The van der Waals surface area contributed by atoms with Crippen LogP contribution in [0.15, 0.2) is 40.9 Å². The third-order valence-corrected chi connectivity index (χ3v) is 4.90. The smallest absolute Gasteiger partial charge is 0.0710 e. The van der Waals surface area contributed by atoms with Gasteiger partial charge in [0, 0.05) is 4.47 Å². The molecule has 1 atom stereocenters. The second-order valence-electron chi connectivity index (χ2n) is 5.17. The van der Waals surface area contributed by atoms with Crippen molar-refractivity contribution in [1.29, 1.82) is 0 Å². The van der Waals surface area contributed by atoms with Gasteiger partial charge in [0.1, 0.15) is 0 Å². The lowest BCUT2D eigenvalue weighted by atomic mass is 9.94. The van der Waals surface area contributed by atoms with Gasteiger partial charge in [-0.2, -0.15) is 0 Å². The Bertz CT molecular complexity index is 585. The summed E-state index contributed by atoms with van der Waals surface area (Å²) in [5.74, 6) is 5.80. The molecule has 0 saturated carbocycles. The minimum absolute atomic E-state index is 0.0204. The molecule has 0 spiro atoms. The Labute approximate surface area is 129 Å². The highest BCUT2D eigenvalue weighted by atomic mass is 79.9. The molecule has 2 nitrogen and oxygen atoms in total. The number of hydrazine groups is 1. The summed E-state index contributed by atoms with van der Waals surface area (Å²) >= 11 is 3.61. The molecule has 3 N–H and O–H groups in total. The van der Waals surface area contributed by atoms with Gasteiger partial charge in [-0.3, -0.25) is 5.84 Å². The molecule has 0 heterocycles. The van der Waals surface area contributed by atoms with E-state index in [9.17, 15) is 0 Å². The maximum Gasteiger partial charge on any atom is 0.0710 e. The summed E-state index contributed by atoms with van der Waals surface area (Å²) in [5.41, 5.74) is 9.12. The van der Waals surface area contributed by atoms with Crippen LogP contribution in [0.2, 0.25) is 0 Å². The average Bonchev–Trinajstić information content (AvgIpc) is 2.45. The molecular weight excluding hydrogens is 312 g/mol. The SMILES string of the molecule is CCc1cccc(C(NN)c2cc(C)c(Br)c(C)c2)c1. The predicted octanol–water partition coefficient (Wildman–Crippen LogP) is 4.18. The van der Waals surface area contributed by atoms with Crippen molar-refractivity contribution in [3.8, 4) is 0 Å². The summed E-state index contributed by atoms with van der Waals surface area (Å²) in [7, 11) is 0. The molecule has 0 aromatic heterocycles. The maximum atomic E-state index is 5.80. The monoisotopic (exact) mass is 332 g/mol. The zero-order valence-corrected chi connectivity index (χ0v) is 13.8. The molecule has 3 heteroatoms. The number of benzene rings is 2. The van der Waals surface area contributed by atoms with Crippen molar-refractivity contribution in [1.82, 2.24) is 5.43 Å². The number of nitrogens with two attached hydrogens (primary N) is 1. The van der Waals surface area contributed by atoms with Crippen LogP contribution in [0.25, 0.3) is 0 Å². The van der Waals surface area contributed by atoms with E-state index < -0.39 is 0 Å². The summed E-state index contributed by atoms with van der Waals surface area (Å²) in [6.45, 7) is 6.38. The first-order valence-corrected chi connectivity index (χ1v) is 7.67. The highest BCUT2D eigenvalue weighted by molar-refractivity contribution is 9.10. The molecule has 0 saturated heterocycles. The zero-order chi connectivity index (χ0) is 14.7. The van der Waals surface area contributed by atoms with Crippen molar-refractivity contribution in [3.63, 3.8) is 0 Å². The summed E-state index contributed by atoms with van der Waals surface area (Å²) in [6.07, 6.45) is 1.03. The van der Waals surface area contributed by atoms with Gasteiger partial charge in [0.05, 0.1) is 6.04 Å². The molecule has 0 radical (unpaired) electrons. The molecule has 0 aliphatic rings. The van der Waals surface area contributed by atoms with Crippen molar-refractivity contribution >= 4 is 15.9 Å². The molecule has 20 heavy (non-hydrogen) atoms. The number of hydrogen-bond donors (Lipinski definition) is 2. The van der Waals surface area contributed by atoms with Gasteiger partial charge in [-0.15, -0.1) is 0 Å². The number of rotatable bonds is 4. The van der Waals surface area contributed by atoms with Gasteiger partial charge in [0.2, 0.25) is 0 Å². The van der Waals surface area contributed by atoms with Crippen molar-refractivity contribution in [2.75, 3.05) is 0 Å². The summed E-state index contributed by atoms with van der Waals surface area (Å²) in [5, 5.41) is 0. The zero-order valence-electron chi connectivity index (χ0n) is 12.2. The third-order valence-electron chi connectivity index (χ3n) is 3.65. The molecule has 1 unspecified atom stereocenters. The summed E-state index contributed by atoms with van der Waals surface area (Å²) in [6, 6.07) is 13.0. The van der Waals surface area contributed by atoms with Crippen LogP contribution >= 0.6 is 15.9 Å². The minimum atomic E-state index is 0.0204. The predicted molar refractivity (Wildman–Crippen MR) is 88.6 cm³/mol. The Morgan fingerprint density at radius 3 is 2.30 bits per heavy atom. The second kappa shape index (κ2) is 6.53. The van der Waals surface area contributed by atoms with Crippen LogP contribution in [0.5, 0.6) is 0 Å². The van der Waals surface area contributed by atoms with E-state index in [1.54, 1.807) is 0 Å². The van der Waals surface area contributed by atoms with Gasteiger partial charge < -0.3 is 0 Å². The van der Waals surface area contributed by atoms with Gasteiger partial charge in [0.15, 0.2) is 0 Å². The molecule has 0 fully saturated rings. The van der Waals surface area contributed by atoms with E-state index in [1.807, 2.05) is 0 Å². The van der Waals surface area contributed by atoms with Gasteiger partial charge in [-0.05, 0) is 48.1 Å². The summed E-state index contributed by atoms with van der Waals surface area (Å²) < 4.78 is 1.17. The molecule has 0 bridgehead atoms. The molecule has 0 amide bonds. The van der Waals surface area contributed by atoms with Crippen LogP contribution in [0.4, 0.5) is 0 Å². The first-order chi connectivity index (χ1) is 9.56. The van der Waals surface area contributed by atoms with E-state index >= 15 is 0 Å². The van der Waals surface area contributed by atoms with Crippen molar-refractivity contribution in [2.24, 2.45) is 5.84 Å². The lowest BCUT2D eigenvalue weighted by molar-refractivity contribution is 0.635. The number of halogens is 1. The topological polar surface area (TPSA) is 38.0 Å². The van der Waals surface area contributed by atoms with Gasteiger partial charge in [-0.1, -0.05) is 59.3 Å². The molecule has 106 valence electrons. The van der Waals surface area contributed by atoms with Gasteiger partial charge in [-0.25, -0.2) is 5.43 Å². The standard InChI is InChI=1S/C17H21BrN2/c1-4-13-6-5-7-14(10-13)17(20-19)15-8-11(2)16(18)12(3)9-15/h5-10,17,20H,4,19H2,1-3H3. The Morgan fingerprint density at radius 1 is 1.10 bits per heavy atom. The normalized spacial score (nSPS) is 12.4. The van der Waals surface area contributed by atoms with Crippen molar-refractivity contribution in [2.45, 2.75) is 33.2 Å². The Hall–Kier alpha value is -1.16. The molecule has 2 aromatic carbocycles. The largest absolute Gasteiger partial charge is 0.271 e. The number of aryl methyl sites for hydroxylation is 3.